The molecular formula is C2H7N3O2. The van der Waals surface area contributed by atoms with Gasteiger partial charge in [-0.15, -0.1) is 4.91 Å². The molecule has 0 aliphatic carbocycles. The van der Waals surface area contributed by atoms with Crippen molar-refractivity contribution >= 4 is 5.84 Å². The molecule has 0 aliphatic heterocycles. The van der Waals surface area contributed by atoms with Gasteiger partial charge < -0.3 is 10.9 Å². The van der Waals surface area contributed by atoms with Crippen LogP contribution >= 0.6 is 0 Å². The number of nitrogens with one attached hydrogen (secondary N) is 1. The quantitative estimate of drug-likeness (QED) is 0.176. The molecule has 7 heavy (non-hydrogen) atoms. The SMILES string of the molecule is CC(=N)N.O=NO. The van der Waals surface area contributed by atoms with Crippen LogP contribution in [0.1, 0.15) is 6.92 Å². The molecule has 0 bridgehead atoms. The minimum atomic E-state index is 0.167. The Labute approximate surface area is 40.6 Å². The van der Waals surface area contributed by atoms with Crippen LogP contribution in [0.5, 0.6) is 0 Å². The van der Waals surface area contributed by atoms with E-state index in [1.54, 1.807) is 0 Å². The van der Waals surface area contributed by atoms with Crippen molar-refractivity contribution in [2.75, 3.05) is 0 Å². The fraction of sp³-hybridized carbons (Fsp3) is 0.500. The Balaban J connectivity index is 0. The van der Waals surface area contributed by atoms with Gasteiger partial charge in [0.05, 0.1) is 5.84 Å². The van der Waals surface area contributed by atoms with E-state index in [0.29, 0.717) is 0 Å². The number of amidine groups is 1. The zero-order valence-electron chi connectivity index (χ0n) is 3.88. The molecular weight excluding hydrogens is 98.0 g/mol. The summed E-state index contributed by atoms with van der Waals surface area (Å²) in [7, 11) is 0. The van der Waals surface area contributed by atoms with E-state index in [1.165, 1.54) is 12.3 Å². The summed E-state index contributed by atoms with van der Waals surface area (Å²) >= 11 is 0. The van der Waals surface area contributed by atoms with Crippen LogP contribution in [-0.4, -0.2) is 11.0 Å². The zero-order valence-corrected chi connectivity index (χ0v) is 3.88. The second-order valence-corrected chi connectivity index (χ2v) is 0.765. The van der Waals surface area contributed by atoms with Crippen molar-refractivity contribution in [1.29, 1.82) is 5.41 Å². The van der Waals surface area contributed by atoms with Gasteiger partial charge in [0.15, 0.2) is 5.34 Å². The summed E-state index contributed by atoms with van der Waals surface area (Å²) < 4.78 is 0. The lowest BCUT2D eigenvalue weighted by Crippen LogP contribution is -2.00. The molecule has 0 saturated carbocycles. The number of rotatable bonds is 0. The summed E-state index contributed by atoms with van der Waals surface area (Å²) in [6.07, 6.45) is 0. The zero-order chi connectivity index (χ0) is 6.28. The van der Waals surface area contributed by atoms with Crippen molar-refractivity contribution in [1.82, 2.24) is 0 Å². The van der Waals surface area contributed by atoms with Crippen molar-refractivity contribution in [3.05, 3.63) is 4.91 Å². The molecule has 0 atom stereocenters. The number of nitrogens with two attached hydrogens (primary N) is 1. The molecule has 0 amide bonds. The molecule has 5 nitrogen and oxygen atoms in total. The molecule has 0 aliphatic rings. The van der Waals surface area contributed by atoms with Crippen molar-refractivity contribution in [3.63, 3.8) is 0 Å². The third kappa shape index (κ3) is 31.4. The molecule has 0 fully saturated rings. The first-order valence-corrected chi connectivity index (χ1v) is 1.42. The first-order chi connectivity index (χ1) is 3.15. The van der Waals surface area contributed by atoms with Crippen LogP contribution in [0.2, 0.25) is 0 Å². The van der Waals surface area contributed by atoms with Gasteiger partial charge in [0.25, 0.3) is 0 Å². The number of hydrogen-bond donors (Lipinski definition) is 3. The van der Waals surface area contributed by atoms with Crippen LogP contribution in [0, 0.1) is 10.3 Å². The highest BCUT2D eigenvalue weighted by molar-refractivity contribution is 5.73. The van der Waals surface area contributed by atoms with Gasteiger partial charge in [0, 0.05) is 0 Å². The van der Waals surface area contributed by atoms with Gasteiger partial charge in [0.1, 0.15) is 0 Å². The molecule has 5 heteroatoms. The Hall–Kier alpha value is -1.13. The lowest BCUT2D eigenvalue weighted by Gasteiger charge is -1.66. The van der Waals surface area contributed by atoms with Crippen LogP contribution in [0.3, 0.4) is 0 Å². The van der Waals surface area contributed by atoms with Gasteiger partial charge in [-0.1, -0.05) is 0 Å². The lowest BCUT2D eigenvalue weighted by atomic mass is 10.8. The van der Waals surface area contributed by atoms with Gasteiger partial charge in [-0.05, 0) is 6.92 Å². The maximum absolute atomic E-state index is 8.11. The number of nitrogens with zero attached hydrogens (tertiary/aromatic N) is 1. The third-order valence-corrected chi connectivity index (χ3v) is 0. The molecule has 0 radical (unpaired) electrons. The molecule has 0 rings (SSSR count). The fourth-order valence-electron chi connectivity index (χ4n) is 0. The van der Waals surface area contributed by atoms with Gasteiger partial charge >= 0.3 is 0 Å². The largest absolute Gasteiger partial charge is 0.388 e. The minimum absolute atomic E-state index is 0.167. The number of hydrogen-bond acceptors (Lipinski definition) is 3. The predicted molar refractivity (Wildman–Crippen MR) is 25.2 cm³/mol. The van der Waals surface area contributed by atoms with Gasteiger partial charge in [-0.3, -0.25) is 5.41 Å². The average molecular weight is 105 g/mol. The Bertz CT molecular complexity index is 58.0. The van der Waals surface area contributed by atoms with Crippen molar-refractivity contribution in [3.8, 4) is 0 Å². The van der Waals surface area contributed by atoms with Crippen LogP contribution in [0.4, 0.5) is 0 Å². The molecule has 0 aromatic carbocycles. The second kappa shape index (κ2) is 8.85. The van der Waals surface area contributed by atoms with Crippen molar-refractivity contribution in [2.45, 2.75) is 6.92 Å². The molecule has 0 saturated heterocycles. The Morgan fingerprint density at radius 1 is 2.00 bits per heavy atom. The first-order valence-electron chi connectivity index (χ1n) is 1.42. The normalized spacial score (nSPS) is 5.29. The third-order valence-electron chi connectivity index (χ3n) is 0. The minimum Gasteiger partial charge on any atom is -0.388 e. The summed E-state index contributed by atoms with van der Waals surface area (Å²) in [5.74, 6) is 0.167. The maximum atomic E-state index is 8.11. The summed E-state index contributed by atoms with van der Waals surface area (Å²) in [5.41, 5.74) is 4.69. The summed E-state index contributed by atoms with van der Waals surface area (Å²) in [5, 5.41) is 14.2. The molecule has 0 heterocycles. The van der Waals surface area contributed by atoms with Crippen molar-refractivity contribution < 1.29 is 5.21 Å². The second-order valence-electron chi connectivity index (χ2n) is 0.765. The van der Waals surface area contributed by atoms with Crippen LogP contribution in [0.15, 0.2) is 5.34 Å². The molecule has 0 aromatic rings. The van der Waals surface area contributed by atoms with Gasteiger partial charge in [-0.2, -0.15) is 0 Å². The molecule has 0 unspecified atom stereocenters. The van der Waals surface area contributed by atoms with E-state index in [9.17, 15) is 0 Å². The fourth-order valence-corrected chi connectivity index (χ4v) is 0. The molecule has 0 aromatic heterocycles. The predicted octanol–water partition coefficient (Wildman–Crippen LogP) is 0.0843. The van der Waals surface area contributed by atoms with Gasteiger partial charge in [0.2, 0.25) is 0 Å². The highest BCUT2D eigenvalue weighted by Crippen LogP contribution is 1.36. The van der Waals surface area contributed by atoms with Gasteiger partial charge in [-0.25, -0.2) is 0 Å². The van der Waals surface area contributed by atoms with E-state index in [-0.39, 0.29) is 5.84 Å². The van der Waals surface area contributed by atoms with Crippen LogP contribution in [-0.2, 0) is 0 Å². The Morgan fingerprint density at radius 3 is 2.00 bits per heavy atom. The maximum Gasteiger partial charge on any atom is 0.152 e. The lowest BCUT2D eigenvalue weighted by molar-refractivity contribution is 0.312. The van der Waals surface area contributed by atoms with Crippen LogP contribution in [0.25, 0.3) is 0 Å². The van der Waals surface area contributed by atoms with Crippen molar-refractivity contribution in [2.24, 2.45) is 11.1 Å². The van der Waals surface area contributed by atoms with E-state index in [4.69, 9.17) is 21.3 Å². The van der Waals surface area contributed by atoms with Crippen LogP contribution < -0.4 is 5.73 Å². The standard InChI is InChI=1S/C2H6N2.HNO2/c1-2(3)4;2-1-3/h1H3,(H3,3,4);(H,2,3). The molecule has 4 N–H and O–H groups in total. The Morgan fingerprint density at radius 2 is 2.00 bits per heavy atom. The summed E-state index contributed by atoms with van der Waals surface area (Å²) in [4.78, 5) is 8.11. The molecule has 0 spiro atoms. The van der Waals surface area contributed by atoms with E-state index in [2.05, 4.69) is 0 Å². The Kier molecular flexibility index (Phi) is 11.8. The van der Waals surface area contributed by atoms with E-state index in [0.717, 1.165) is 0 Å². The topological polar surface area (TPSA) is 99.5 Å². The highest BCUT2D eigenvalue weighted by atomic mass is 16.6. The summed E-state index contributed by atoms with van der Waals surface area (Å²) in [6.45, 7) is 1.53. The highest BCUT2D eigenvalue weighted by Gasteiger charge is 1.53. The summed E-state index contributed by atoms with van der Waals surface area (Å²) in [6, 6.07) is 0. The van der Waals surface area contributed by atoms with E-state index in [1.807, 2.05) is 0 Å². The molecule has 42 valence electrons. The van der Waals surface area contributed by atoms with E-state index < -0.39 is 0 Å². The smallest absolute Gasteiger partial charge is 0.152 e. The average Bonchev–Trinajstić information content (AvgIpc) is 1.33. The monoisotopic (exact) mass is 105 g/mol. The first kappa shape index (κ1) is 9.30. The van der Waals surface area contributed by atoms with E-state index >= 15 is 0 Å².